The average Bonchev–Trinajstić information content (AvgIpc) is 3.25. The van der Waals surface area contributed by atoms with E-state index in [2.05, 4.69) is 10.3 Å². The lowest BCUT2D eigenvalue weighted by molar-refractivity contribution is -0.137. The summed E-state index contributed by atoms with van der Waals surface area (Å²) < 4.78 is 0. The van der Waals surface area contributed by atoms with Gasteiger partial charge in [-0.25, -0.2) is 4.98 Å². The van der Waals surface area contributed by atoms with E-state index in [0.29, 0.717) is 5.91 Å². The van der Waals surface area contributed by atoms with E-state index in [1.807, 2.05) is 10.3 Å². The number of carbonyl (C=O) groups excluding carboxylic acids is 2. The number of carbonyl (C=O) groups is 2. The second-order valence-corrected chi connectivity index (χ2v) is 7.64. The highest BCUT2D eigenvalue weighted by atomic mass is 32.1. The van der Waals surface area contributed by atoms with E-state index >= 15 is 0 Å². The highest BCUT2D eigenvalue weighted by molar-refractivity contribution is 7.09. The van der Waals surface area contributed by atoms with Crippen molar-refractivity contribution >= 4 is 23.2 Å². The van der Waals surface area contributed by atoms with Gasteiger partial charge in [0.15, 0.2) is 0 Å². The van der Waals surface area contributed by atoms with Crippen LogP contribution in [0.5, 0.6) is 0 Å². The van der Waals surface area contributed by atoms with E-state index in [-0.39, 0.29) is 23.8 Å². The Morgan fingerprint density at radius 1 is 1.30 bits per heavy atom. The molecule has 2 unspecified atom stereocenters. The maximum Gasteiger partial charge on any atom is 0.225 e. The molecule has 6 heteroatoms. The Bertz CT molecular complexity index is 540. The van der Waals surface area contributed by atoms with Crippen LogP contribution in [-0.4, -0.2) is 34.8 Å². The SMILES string of the molecule is CC(=O)NC(c1nccs1)C1CCCN(C(=O)C2CCCC2)C1. The van der Waals surface area contributed by atoms with Crippen LogP contribution in [0.4, 0.5) is 0 Å². The van der Waals surface area contributed by atoms with Crippen LogP contribution in [0.15, 0.2) is 11.6 Å². The molecule has 0 aromatic carbocycles. The van der Waals surface area contributed by atoms with Gasteiger partial charge in [0.2, 0.25) is 11.8 Å². The third-order valence-corrected chi connectivity index (χ3v) is 5.88. The van der Waals surface area contributed by atoms with Gasteiger partial charge in [-0.1, -0.05) is 12.8 Å². The Labute approximate surface area is 141 Å². The summed E-state index contributed by atoms with van der Waals surface area (Å²) >= 11 is 1.57. The highest BCUT2D eigenvalue weighted by Crippen LogP contribution is 2.33. The van der Waals surface area contributed by atoms with E-state index in [1.54, 1.807) is 24.5 Å². The van der Waals surface area contributed by atoms with Gasteiger partial charge in [0.1, 0.15) is 5.01 Å². The number of amides is 2. The number of nitrogens with zero attached hydrogens (tertiary/aromatic N) is 2. The van der Waals surface area contributed by atoms with Crippen LogP contribution in [0.3, 0.4) is 0 Å². The molecule has 1 N–H and O–H groups in total. The van der Waals surface area contributed by atoms with E-state index in [0.717, 1.165) is 43.8 Å². The lowest BCUT2D eigenvalue weighted by Gasteiger charge is -2.37. The summed E-state index contributed by atoms with van der Waals surface area (Å²) in [7, 11) is 0. The number of aromatic nitrogens is 1. The zero-order chi connectivity index (χ0) is 16.2. The molecule has 1 saturated carbocycles. The van der Waals surface area contributed by atoms with Crippen LogP contribution in [0.2, 0.25) is 0 Å². The van der Waals surface area contributed by atoms with E-state index in [4.69, 9.17) is 0 Å². The van der Waals surface area contributed by atoms with Crippen LogP contribution in [0, 0.1) is 11.8 Å². The van der Waals surface area contributed by atoms with Crippen LogP contribution in [0.1, 0.15) is 56.5 Å². The summed E-state index contributed by atoms with van der Waals surface area (Å²) in [5.74, 6) is 0.773. The molecule has 2 atom stereocenters. The Morgan fingerprint density at radius 2 is 2.09 bits per heavy atom. The minimum atomic E-state index is -0.0771. The van der Waals surface area contributed by atoms with Crippen LogP contribution < -0.4 is 5.32 Å². The fourth-order valence-corrected chi connectivity index (χ4v) is 4.68. The molecule has 1 aliphatic heterocycles. The number of thiazole rings is 1. The minimum absolute atomic E-state index is 0.0376. The molecule has 1 saturated heterocycles. The molecule has 2 aliphatic rings. The first-order valence-electron chi connectivity index (χ1n) is 8.60. The molecule has 0 radical (unpaired) electrons. The smallest absolute Gasteiger partial charge is 0.225 e. The number of hydrogen-bond acceptors (Lipinski definition) is 4. The van der Waals surface area contributed by atoms with Gasteiger partial charge >= 0.3 is 0 Å². The second kappa shape index (κ2) is 7.43. The molecule has 2 heterocycles. The monoisotopic (exact) mass is 335 g/mol. The largest absolute Gasteiger partial charge is 0.347 e. The van der Waals surface area contributed by atoms with Gasteiger partial charge in [-0.3, -0.25) is 9.59 Å². The number of rotatable bonds is 4. The van der Waals surface area contributed by atoms with Gasteiger partial charge in [0, 0.05) is 43.4 Å². The van der Waals surface area contributed by atoms with Crippen molar-refractivity contribution in [3.05, 3.63) is 16.6 Å². The molecule has 0 bridgehead atoms. The van der Waals surface area contributed by atoms with Crippen LogP contribution in [-0.2, 0) is 9.59 Å². The van der Waals surface area contributed by atoms with E-state index in [1.165, 1.54) is 12.8 Å². The van der Waals surface area contributed by atoms with Gasteiger partial charge < -0.3 is 10.2 Å². The number of likely N-dealkylation sites (tertiary alicyclic amines) is 1. The van der Waals surface area contributed by atoms with Crippen LogP contribution >= 0.6 is 11.3 Å². The Balaban J connectivity index is 1.70. The van der Waals surface area contributed by atoms with Gasteiger partial charge in [-0.15, -0.1) is 11.3 Å². The standard InChI is InChI=1S/C17H25N3O2S/c1-12(21)19-15(16-18-8-10-23-16)14-7-4-9-20(11-14)17(22)13-5-2-3-6-13/h8,10,13-15H,2-7,9,11H2,1H3,(H,19,21). The molecular formula is C17H25N3O2S. The van der Waals surface area contributed by atoms with Crippen molar-refractivity contribution in [3.8, 4) is 0 Å². The maximum atomic E-state index is 12.7. The van der Waals surface area contributed by atoms with E-state index < -0.39 is 0 Å². The van der Waals surface area contributed by atoms with Crippen molar-refractivity contribution in [2.75, 3.05) is 13.1 Å². The Morgan fingerprint density at radius 3 is 2.74 bits per heavy atom. The summed E-state index contributed by atoms with van der Waals surface area (Å²) in [6, 6.07) is -0.0771. The van der Waals surface area contributed by atoms with Gasteiger partial charge in [-0.2, -0.15) is 0 Å². The van der Waals surface area contributed by atoms with Gasteiger partial charge in [0.05, 0.1) is 6.04 Å². The first kappa shape index (κ1) is 16.4. The predicted molar refractivity (Wildman–Crippen MR) is 89.9 cm³/mol. The average molecular weight is 335 g/mol. The molecular weight excluding hydrogens is 310 g/mol. The topological polar surface area (TPSA) is 62.3 Å². The summed E-state index contributed by atoms with van der Waals surface area (Å²) in [6.07, 6.45) is 8.26. The lowest BCUT2D eigenvalue weighted by Crippen LogP contribution is -2.46. The molecule has 1 aromatic heterocycles. The maximum absolute atomic E-state index is 12.7. The third-order valence-electron chi connectivity index (χ3n) is 5.02. The number of nitrogens with one attached hydrogen (secondary N) is 1. The molecule has 2 fully saturated rings. The zero-order valence-electron chi connectivity index (χ0n) is 13.7. The first-order valence-corrected chi connectivity index (χ1v) is 9.48. The third kappa shape index (κ3) is 3.91. The van der Waals surface area contributed by atoms with Crippen molar-refractivity contribution in [2.45, 2.75) is 51.5 Å². The number of hydrogen-bond donors (Lipinski definition) is 1. The summed E-state index contributed by atoms with van der Waals surface area (Å²) in [6.45, 7) is 3.14. The molecule has 1 aromatic rings. The van der Waals surface area contributed by atoms with Crippen molar-refractivity contribution < 1.29 is 9.59 Å². The second-order valence-electron chi connectivity index (χ2n) is 6.72. The summed E-state index contributed by atoms with van der Waals surface area (Å²) in [5, 5.41) is 5.94. The van der Waals surface area contributed by atoms with Gasteiger partial charge in [0.25, 0.3) is 0 Å². The Kier molecular flexibility index (Phi) is 5.30. The normalized spacial score (nSPS) is 23.7. The Hall–Kier alpha value is -1.43. The zero-order valence-corrected chi connectivity index (χ0v) is 14.5. The minimum Gasteiger partial charge on any atom is -0.347 e. The molecule has 2 amide bonds. The fourth-order valence-electron chi connectivity index (χ4n) is 3.90. The fraction of sp³-hybridized carbons (Fsp3) is 0.706. The van der Waals surface area contributed by atoms with Gasteiger partial charge in [-0.05, 0) is 25.7 Å². The van der Waals surface area contributed by atoms with E-state index in [9.17, 15) is 9.59 Å². The van der Waals surface area contributed by atoms with Crippen LogP contribution in [0.25, 0.3) is 0 Å². The first-order chi connectivity index (χ1) is 11.1. The molecule has 5 nitrogen and oxygen atoms in total. The molecule has 126 valence electrons. The quantitative estimate of drug-likeness (QED) is 0.920. The predicted octanol–water partition coefficient (Wildman–Crippen LogP) is 2.75. The molecule has 0 spiro atoms. The number of piperidine rings is 1. The van der Waals surface area contributed by atoms with Crippen molar-refractivity contribution in [2.24, 2.45) is 11.8 Å². The highest BCUT2D eigenvalue weighted by Gasteiger charge is 2.35. The summed E-state index contributed by atoms with van der Waals surface area (Å²) in [4.78, 5) is 30.7. The molecule has 3 rings (SSSR count). The summed E-state index contributed by atoms with van der Waals surface area (Å²) in [5.41, 5.74) is 0. The van der Waals surface area contributed by atoms with Crippen molar-refractivity contribution in [1.29, 1.82) is 0 Å². The van der Waals surface area contributed by atoms with Crippen molar-refractivity contribution in [1.82, 2.24) is 15.2 Å². The lowest BCUT2D eigenvalue weighted by atomic mass is 9.89. The molecule has 1 aliphatic carbocycles. The van der Waals surface area contributed by atoms with Crippen molar-refractivity contribution in [3.63, 3.8) is 0 Å². The molecule has 23 heavy (non-hydrogen) atoms.